The van der Waals surface area contributed by atoms with E-state index in [1.165, 1.54) is 0 Å². The highest BCUT2D eigenvalue weighted by molar-refractivity contribution is 7.51. The van der Waals surface area contributed by atoms with Crippen LogP contribution >= 0.6 is 7.60 Å². The molecule has 0 saturated carbocycles. The Morgan fingerprint density at radius 3 is 2.53 bits per heavy atom. The maximum absolute atomic E-state index is 10.5. The number of aliphatic carboxylic acids is 1. The van der Waals surface area contributed by atoms with Gasteiger partial charge in [0.05, 0.1) is 6.61 Å². The van der Waals surface area contributed by atoms with Crippen LogP contribution in [0.15, 0.2) is 0 Å². The third-order valence-corrected chi connectivity index (χ3v) is 1.93. The van der Waals surface area contributed by atoms with Crippen LogP contribution in [-0.2, 0) is 14.1 Å². The SMILES string of the molecule is NCCCO[C@H](NCP(=O)(O)O)C(=O)O. The summed E-state index contributed by atoms with van der Waals surface area (Å²) in [7, 11) is -4.28. The zero-order valence-electron chi connectivity index (χ0n) is 8.00. The minimum Gasteiger partial charge on any atom is -0.478 e. The van der Waals surface area contributed by atoms with E-state index >= 15 is 0 Å². The number of hydrogen-bond donors (Lipinski definition) is 5. The van der Waals surface area contributed by atoms with Crippen LogP contribution in [0.1, 0.15) is 6.42 Å². The molecular weight excluding hydrogens is 227 g/mol. The number of carboxylic acids is 1. The highest BCUT2D eigenvalue weighted by Gasteiger charge is 2.21. The highest BCUT2D eigenvalue weighted by atomic mass is 31.2. The van der Waals surface area contributed by atoms with Crippen LogP contribution in [-0.4, -0.2) is 46.5 Å². The molecule has 0 heterocycles. The molecule has 0 bridgehead atoms. The molecule has 0 unspecified atom stereocenters. The number of rotatable bonds is 8. The third-order valence-electron chi connectivity index (χ3n) is 1.34. The van der Waals surface area contributed by atoms with Gasteiger partial charge in [-0.25, -0.2) is 4.79 Å². The molecular formula is C6H15N2O6P. The summed E-state index contributed by atoms with van der Waals surface area (Å²) in [5.74, 6) is -1.33. The van der Waals surface area contributed by atoms with Gasteiger partial charge in [-0.3, -0.25) is 9.88 Å². The van der Waals surface area contributed by atoms with Crippen molar-refractivity contribution >= 4 is 13.6 Å². The number of nitrogens with one attached hydrogen (secondary N) is 1. The number of nitrogens with two attached hydrogens (primary N) is 1. The first-order chi connectivity index (χ1) is 6.87. The third kappa shape index (κ3) is 8.49. The molecule has 0 aliphatic carbocycles. The Morgan fingerprint density at radius 2 is 2.13 bits per heavy atom. The molecule has 0 fully saturated rings. The van der Waals surface area contributed by atoms with E-state index in [9.17, 15) is 9.36 Å². The lowest BCUT2D eigenvalue weighted by molar-refractivity contribution is -0.152. The van der Waals surface area contributed by atoms with E-state index in [1.807, 2.05) is 0 Å². The van der Waals surface area contributed by atoms with Crippen LogP contribution < -0.4 is 11.1 Å². The summed E-state index contributed by atoms with van der Waals surface area (Å²) in [6.45, 7) is 0.465. The predicted molar refractivity (Wildman–Crippen MR) is 51.1 cm³/mol. The number of hydrogen-bond acceptors (Lipinski definition) is 5. The van der Waals surface area contributed by atoms with Crippen molar-refractivity contribution in [2.45, 2.75) is 12.6 Å². The molecule has 6 N–H and O–H groups in total. The van der Waals surface area contributed by atoms with Gasteiger partial charge in [0.25, 0.3) is 0 Å². The fourth-order valence-corrected chi connectivity index (χ4v) is 1.11. The fourth-order valence-electron chi connectivity index (χ4n) is 0.704. The van der Waals surface area contributed by atoms with Gasteiger partial charge in [-0.1, -0.05) is 0 Å². The zero-order chi connectivity index (χ0) is 11.9. The lowest BCUT2D eigenvalue weighted by atomic mass is 10.4. The minimum atomic E-state index is -4.28. The van der Waals surface area contributed by atoms with E-state index in [-0.39, 0.29) is 6.61 Å². The molecule has 90 valence electrons. The van der Waals surface area contributed by atoms with Crippen molar-refractivity contribution in [1.29, 1.82) is 0 Å². The highest BCUT2D eigenvalue weighted by Crippen LogP contribution is 2.32. The molecule has 0 amide bonds. The summed E-state index contributed by atoms with van der Waals surface area (Å²) in [5.41, 5.74) is 5.16. The molecule has 0 aliphatic rings. The molecule has 9 heteroatoms. The van der Waals surface area contributed by atoms with Gasteiger partial charge in [0, 0.05) is 0 Å². The van der Waals surface area contributed by atoms with Crippen molar-refractivity contribution < 1.29 is 29.0 Å². The van der Waals surface area contributed by atoms with Crippen LogP contribution in [0, 0.1) is 0 Å². The van der Waals surface area contributed by atoms with Crippen molar-refractivity contribution in [2.24, 2.45) is 5.73 Å². The second-order valence-electron chi connectivity index (χ2n) is 2.76. The lowest BCUT2D eigenvalue weighted by Crippen LogP contribution is -2.39. The van der Waals surface area contributed by atoms with Gasteiger partial charge in [-0.15, -0.1) is 0 Å². The van der Waals surface area contributed by atoms with Gasteiger partial charge in [0.15, 0.2) is 0 Å². The van der Waals surface area contributed by atoms with E-state index in [1.54, 1.807) is 0 Å². The van der Waals surface area contributed by atoms with E-state index in [0.717, 1.165) is 0 Å². The molecule has 0 spiro atoms. The quantitative estimate of drug-likeness (QED) is 0.196. The molecule has 0 aromatic carbocycles. The van der Waals surface area contributed by atoms with Gasteiger partial charge < -0.3 is 25.4 Å². The molecule has 0 saturated heterocycles. The normalized spacial score (nSPS) is 13.8. The Hall–Kier alpha value is -0.500. The van der Waals surface area contributed by atoms with E-state index in [2.05, 4.69) is 5.32 Å². The van der Waals surface area contributed by atoms with Crippen molar-refractivity contribution in [3.8, 4) is 0 Å². The smallest absolute Gasteiger partial charge is 0.348 e. The van der Waals surface area contributed by atoms with Crippen LogP contribution in [0.2, 0.25) is 0 Å². The molecule has 0 aliphatic heterocycles. The predicted octanol–water partition coefficient (Wildman–Crippen LogP) is -1.51. The van der Waals surface area contributed by atoms with Gasteiger partial charge >= 0.3 is 13.6 Å². The maximum Gasteiger partial charge on any atom is 0.348 e. The summed E-state index contributed by atoms with van der Waals surface area (Å²) in [4.78, 5) is 27.5. The standard InChI is InChI=1S/C6H15N2O6P/c7-2-1-3-14-5(6(9)10)8-4-15(11,12)13/h5,8H,1-4,7H2,(H,9,10)(H2,11,12,13)/t5-/m0/s1. The molecule has 1 atom stereocenters. The Labute approximate surface area is 86.6 Å². The van der Waals surface area contributed by atoms with Crippen LogP contribution in [0.4, 0.5) is 0 Å². The van der Waals surface area contributed by atoms with Crippen LogP contribution in [0.25, 0.3) is 0 Å². The number of carboxylic acid groups (broad SMARTS) is 1. The molecule has 0 rings (SSSR count). The van der Waals surface area contributed by atoms with E-state index in [4.69, 9.17) is 25.4 Å². The molecule has 8 nitrogen and oxygen atoms in total. The van der Waals surface area contributed by atoms with Crippen LogP contribution in [0.5, 0.6) is 0 Å². The lowest BCUT2D eigenvalue weighted by Gasteiger charge is -2.15. The zero-order valence-corrected chi connectivity index (χ0v) is 8.89. The Balaban J connectivity index is 3.95. The minimum absolute atomic E-state index is 0.113. The van der Waals surface area contributed by atoms with Crippen molar-refractivity contribution in [3.05, 3.63) is 0 Å². The van der Waals surface area contributed by atoms with Crippen LogP contribution in [0.3, 0.4) is 0 Å². The largest absolute Gasteiger partial charge is 0.478 e. The average Bonchev–Trinajstić information content (AvgIpc) is 2.08. The number of ether oxygens (including phenoxy) is 1. The second kappa shape index (κ2) is 6.89. The summed E-state index contributed by atoms with van der Waals surface area (Å²) < 4.78 is 15.3. The fraction of sp³-hybridized carbons (Fsp3) is 0.833. The first-order valence-corrected chi connectivity index (χ1v) is 5.99. The Kier molecular flexibility index (Phi) is 6.66. The molecule has 0 aromatic rings. The molecule has 0 radical (unpaired) electrons. The summed E-state index contributed by atoms with van der Waals surface area (Å²) in [5, 5.41) is 10.7. The topological polar surface area (TPSA) is 142 Å². The first kappa shape index (κ1) is 14.5. The Morgan fingerprint density at radius 1 is 1.53 bits per heavy atom. The van der Waals surface area contributed by atoms with Gasteiger partial charge in [-0.05, 0) is 13.0 Å². The Bertz CT molecular complexity index is 242. The summed E-state index contributed by atoms with van der Waals surface area (Å²) in [6.07, 6.45) is -1.70. The van der Waals surface area contributed by atoms with Gasteiger partial charge in [-0.2, -0.15) is 0 Å². The summed E-state index contributed by atoms with van der Waals surface area (Å²) >= 11 is 0. The van der Waals surface area contributed by atoms with E-state index < -0.39 is 26.1 Å². The second-order valence-corrected chi connectivity index (χ2v) is 4.40. The first-order valence-electron chi connectivity index (χ1n) is 4.19. The van der Waals surface area contributed by atoms with Crippen molar-refractivity contribution in [3.63, 3.8) is 0 Å². The monoisotopic (exact) mass is 242 g/mol. The van der Waals surface area contributed by atoms with Crippen molar-refractivity contribution in [2.75, 3.05) is 19.4 Å². The number of carbonyl (C=O) groups is 1. The summed E-state index contributed by atoms with van der Waals surface area (Å²) in [6, 6.07) is 0. The molecule has 15 heavy (non-hydrogen) atoms. The van der Waals surface area contributed by atoms with Gasteiger partial charge in [0.1, 0.15) is 6.29 Å². The average molecular weight is 242 g/mol. The maximum atomic E-state index is 10.5. The van der Waals surface area contributed by atoms with Crippen molar-refractivity contribution in [1.82, 2.24) is 5.32 Å². The van der Waals surface area contributed by atoms with E-state index in [0.29, 0.717) is 13.0 Å². The van der Waals surface area contributed by atoms with Gasteiger partial charge in [0.2, 0.25) is 6.23 Å². The molecule has 0 aromatic heterocycles.